The molecule has 0 aromatic heterocycles. The van der Waals surface area contributed by atoms with E-state index in [1.165, 1.54) is 51.6 Å². The molecule has 2 rings (SSSR count). The maximum atomic E-state index is 3.74. The highest BCUT2D eigenvalue weighted by Crippen LogP contribution is 2.20. The number of piperidine rings is 1. The van der Waals surface area contributed by atoms with Crippen LogP contribution < -0.4 is 10.6 Å². The van der Waals surface area contributed by atoms with Gasteiger partial charge in [0, 0.05) is 12.1 Å². The van der Waals surface area contributed by atoms with Gasteiger partial charge in [-0.05, 0) is 51.6 Å². The molecular formula is C12H24N2. The Bertz CT molecular complexity index is 164. The molecule has 1 aliphatic heterocycles. The summed E-state index contributed by atoms with van der Waals surface area (Å²) in [6.07, 6.45) is 8.45. The summed E-state index contributed by atoms with van der Waals surface area (Å²) in [5.41, 5.74) is 0. The zero-order valence-electron chi connectivity index (χ0n) is 9.39. The fourth-order valence-electron chi connectivity index (χ4n) is 2.88. The van der Waals surface area contributed by atoms with Gasteiger partial charge in [-0.1, -0.05) is 12.8 Å². The van der Waals surface area contributed by atoms with Crippen LogP contribution in [0.2, 0.25) is 0 Å². The highest BCUT2D eigenvalue weighted by atomic mass is 14.9. The van der Waals surface area contributed by atoms with Crippen LogP contribution in [-0.4, -0.2) is 25.2 Å². The highest BCUT2D eigenvalue weighted by Gasteiger charge is 2.20. The second-order valence-electron chi connectivity index (χ2n) is 5.14. The van der Waals surface area contributed by atoms with E-state index >= 15 is 0 Å². The number of nitrogens with one attached hydrogen (secondary N) is 2. The zero-order valence-corrected chi connectivity index (χ0v) is 9.39. The molecule has 1 saturated heterocycles. The van der Waals surface area contributed by atoms with Gasteiger partial charge in [0.1, 0.15) is 0 Å². The quantitative estimate of drug-likeness (QED) is 0.720. The largest absolute Gasteiger partial charge is 0.314 e. The molecule has 0 aromatic carbocycles. The molecule has 2 unspecified atom stereocenters. The third-order valence-corrected chi connectivity index (χ3v) is 3.78. The van der Waals surface area contributed by atoms with Crippen molar-refractivity contribution in [2.45, 2.75) is 57.5 Å². The molecule has 1 saturated carbocycles. The minimum Gasteiger partial charge on any atom is -0.314 e. The van der Waals surface area contributed by atoms with Crippen molar-refractivity contribution in [3.63, 3.8) is 0 Å². The standard InChI is InChI=1S/C12H24N2/c1-10-8-11(6-7-13-10)9-14-12-4-2-3-5-12/h10-14H,2-9H2,1H3. The van der Waals surface area contributed by atoms with E-state index in [4.69, 9.17) is 0 Å². The summed E-state index contributed by atoms with van der Waals surface area (Å²) in [6.45, 7) is 4.79. The topological polar surface area (TPSA) is 24.1 Å². The lowest BCUT2D eigenvalue weighted by Crippen LogP contribution is -2.41. The van der Waals surface area contributed by atoms with E-state index < -0.39 is 0 Å². The molecule has 14 heavy (non-hydrogen) atoms. The predicted molar refractivity (Wildman–Crippen MR) is 60.4 cm³/mol. The van der Waals surface area contributed by atoms with E-state index in [1.807, 2.05) is 0 Å². The minimum absolute atomic E-state index is 0.735. The maximum Gasteiger partial charge on any atom is 0.00671 e. The average molecular weight is 196 g/mol. The second kappa shape index (κ2) is 5.13. The Kier molecular flexibility index (Phi) is 3.82. The number of hydrogen-bond acceptors (Lipinski definition) is 2. The normalized spacial score (nSPS) is 34.9. The lowest BCUT2D eigenvalue weighted by molar-refractivity contribution is 0.295. The Morgan fingerprint density at radius 1 is 1.21 bits per heavy atom. The van der Waals surface area contributed by atoms with Crippen LogP contribution in [0, 0.1) is 5.92 Å². The molecule has 82 valence electrons. The Morgan fingerprint density at radius 3 is 2.71 bits per heavy atom. The van der Waals surface area contributed by atoms with E-state index in [-0.39, 0.29) is 0 Å². The molecule has 0 amide bonds. The smallest absolute Gasteiger partial charge is 0.00671 e. The first-order valence-electron chi connectivity index (χ1n) is 6.31. The van der Waals surface area contributed by atoms with Gasteiger partial charge in [-0.3, -0.25) is 0 Å². The van der Waals surface area contributed by atoms with E-state index in [2.05, 4.69) is 17.6 Å². The van der Waals surface area contributed by atoms with Gasteiger partial charge in [-0.2, -0.15) is 0 Å². The van der Waals surface area contributed by atoms with E-state index in [9.17, 15) is 0 Å². The lowest BCUT2D eigenvalue weighted by atomic mass is 9.93. The van der Waals surface area contributed by atoms with Gasteiger partial charge in [-0.15, -0.1) is 0 Å². The van der Waals surface area contributed by atoms with Crippen molar-refractivity contribution in [3.05, 3.63) is 0 Å². The molecule has 0 bridgehead atoms. The van der Waals surface area contributed by atoms with Crippen molar-refractivity contribution < 1.29 is 0 Å². The molecule has 2 heteroatoms. The summed E-state index contributed by atoms with van der Waals surface area (Å²) >= 11 is 0. The van der Waals surface area contributed by atoms with E-state index in [0.717, 1.165) is 18.0 Å². The van der Waals surface area contributed by atoms with E-state index in [1.54, 1.807) is 0 Å². The Morgan fingerprint density at radius 2 is 2.00 bits per heavy atom. The van der Waals surface area contributed by atoms with Crippen LogP contribution in [0.1, 0.15) is 45.4 Å². The van der Waals surface area contributed by atoms with Crippen LogP contribution in [-0.2, 0) is 0 Å². The summed E-state index contributed by atoms with van der Waals surface area (Å²) in [5.74, 6) is 0.923. The molecular weight excluding hydrogens is 172 g/mol. The van der Waals surface area contributed by atoms with Gasteiger partial charge in [0.2, 0.25) is 0 Å². The SMILES string of the molecule is CC1CC(CNC2CCCC2)CCN1. The molecule has 1 heterocycles. The number of rotatable bonds is 3. The lowest BCUT2D eigenvalue weighted by Gasteiger charge is -2.29. The van der Waals surface area contributed by atoms with Crippen LogP contribution >= 0.6 is 0 Å². The van der Waals surface area contributed by atoms with Crippen molar-refractivity contribution in [1.29, 1.82) is 0 Å². The molecule has 0 radical (unpaired) electrons. The first-order valence-corrected chi connectivity index (χ1v) is 6.31. The summed E-state index contributed by atoms with van der Waals surface area (Å²) in [4.78, 5) is 0. The Balaban J connectivity index is 1.64. The molecule has 2 atom stereocenters. The maximum absolute atomic E-state index is 3.74. The number of hydrogen-bond donors (Lipinski definition) is 2. The summed E-state index contributed by atoms with van der Waals surface area (Å²) in [6, 6.07) is 1.58. The summed E-state index contributed by atoms with van der Waals surface area (Å²) in [5, 5.41) is 7.26. The van der Waals surface area contributed by atoms with Crippen LogP contribution in [0.15, 0.2) is 0 Å². The first kappa shape index (κ1) is 10.4. The van der Waals surface area contributed by atoms with Crippen molar-refractivity contribution in [2.75, 3.05) is 13.1 Å². The van der Waals surface area contributed by atoms with Crippen molar-refractivity contribution in [3.8, 4) is 0 Å². The summed E-state index contributed by atoms with van der Waals surface area (Å²) in [7, 11) is 0. The monoisotopic (exact) mass is 196 g/mol. The van der Waals surface area contributed by atoms with Crippen LogP contribution in [0.4, 0.5) is 0 Å². The molecule has 0 aromatic rings. The van der Waals surface area contributed by atoms with Crippen LogP contribution in [0.5, 0.6) is 0 Å². The van der Waals surface area contributed by atoms with Crippen LogP contribution in [0.3, 0.4) is 0 Å². The van der Waals surface area contributed by atoms with Gasteiger partial charge in [0.25, 0.3) is 0 Å². The van der Waals surface area contributed by atoms with Gasteiger partial charge in [0.05, 0.1) is 0 Å². The molecule has 2 fully saturated rings. The fraction of sp³-hybridized carbons (Fsp3) is 1.00. The van der Waals surface area contributed by atoms with Crippen LogP contribution in [0.25, 0.3) is 0 Å². The average Bonchev–Trinajstić information content (AvgIpc) is 2.67. The predicted octanol–water partition coefficient (Wildman–Crippen LogP) is 1.91. The van der Waals surface area contributed by atoms with Gasteiger partial charge in [0.15, 0.2) is 0 Å². The fourth-order valence-corrected chi connectivity index (χ4v) is 2.88. The zero-order chi connectivity index (χ0) is 9.80. The summed E-state index contributed by atoms with van der Waals surface area (Å²) < 4.78 is 0. The molecule has 0 spiro atoms. The Labute approximate surface area is 87.8 Å². The second-order valence-corrected chi connectivity index (χ2v) is 5.14. The highest BCUT2D eigenvalue weighted by molar-refractivity contribution is 4.79. The van der Waals surface area contributed by atoms with Crippen molar-refractivity contribution in [2.24, 2.45) is 5.92 Å². The van der Waals surface area contributed by atoms with E-state index in [0.29, 0.717) is 0 Å². The molecule has 2 aliphatic rings. The molecule has 2 nitrogen and oxygen atoms in total. The third kappa shape index (κ3) is 2.96. The van der Waals surface area contributed by atoms with Gasteiger partial charge < -0.3 is 10.6 Å². The Hall–Kier alpha value is -0.0800. The van der Waals surface area contributed by atoms with Gasteiger partial charge in [-0.25, -0.2) is 0 Å². The third-order valence-electron chi connectivity index (χ3n) is 3.78. The van der Waals surface area contributed by atoms with Crippen molar-refractivity contribution in [1.82, 2.24) is 10.6 Å². The van der Waals surface area contributed by atoms with Gasteiger partial charge >= 0.3 is 0 Å². The van der Waals surface area contributed by atoms with Crippen molar-refractivity contribution >= 4 is 0 Å². The minimum atomic E-state index is 0.735. The molecule has 2 N–H and O–H groups in total. The molecule has 1 aliphatic carbocycles. The first-order chi connectivity index (χ1) is 6.84.